The Morgan fingerprint density at radius 1 is 0.933 bits per heavy atom. The average molecular weight is 629 g/mol. The van der Waals surface area contributed by atoms with Crippen LogP contribution in [0.1, 0.15) is 77.4 Å². The molecule has 0 saturated heterocycles. The maximum absolute atomic E-state index is 14.1. The number of benzene rings is 3. The highest BCUT2D eigenvalue weighted by Gasteiger charge is 2.48. The average Bonchev–Trinajstić information content (AvgIpc) is 3.53. The van der Waals surface area contributed by atoms with Gasteiger partial charge in [0, 0.05) is 30.5 Å². The van der Waals surface area contributed by atoms with Crippen LogP contribution >= 0.6 is 0 Å². The smallest absolute Gasteiger partial charge is 0.344 e. The lowest BCUT2D eigenvalue weighted by Gasteiger charge is -2.33. The Labute approximate surface area is 263 Å². The van der Waals surface area contributed by atoms with E-state index in [1.54, 1.807) is 42.6 Å². The van der Waals surface area contributed by atoms with E-state index < -0.39 is 39.1 Å². The molecule has 3 aromatic rings. The molecule has 2 N–H and O–H groups in total. The van der Waals surface area contributed by atoms with Crippen LogP contribution in [0.4, 0.5) is 0 Å². The van der Waals surface area contributed by atoms with E-state index in [0.717, 1.165) is 30.2 Å². The zero-order valence-electron chi connectivity index (χ0n) is 25.0. The molecule has 1 fully saturated rings. The minimum atomic E-state index is -3.42. The van der Waals surface area contributed by atoms with E-state index in [0.29, 0.717) is 11.5 Å². The molecule has 45 heavy (non-hydrogen) atoms. The van der Waals surface area contributed by atoms with Gasteiger partial charge in [-0.3, -0.25) is 14.6 Å². The summed E-state index contributed by atoms with van der Waals surface area (Å²) in [5, 5.41) is 11.5. The Bertz CT molecular complexity index is 1690. The largest absolute Gasteiger partial charge is 0.481 e. The number of carbonyl (C=O) groups excluding carboxylic acids is 2. The summed E-state index contributed by atoms with van der Waals surface area (Å²) in [4.78, 5) is 42.3. The van der Waals surface area contributed by atoms with Gasteiger partial charge < -0.3 is 15.2 Å². The molecule has 3 aromatic carbocycles. The highest BCUT2D eigenvalue weighted by atomic mass is 32.2. The molecular formula is C35H36N2O7S. The fraction of sp³-hybridized carbons (Fsp3) is 0.314. The zero-order chi connectivity index (χ0) is 32.0. The van der Waals surface area contributed by atoms with Crippen molar-refractivity contribution in [2.75, 3.05) is 12.8 Å². The van der Waals surface area contributed by atoms with Crippen LogP contribution in [-0.4, -0.2) is 55.9 Å². The van der Waals surface area contributed by atoms with Crippen LogP contribution in [0.2, 0.25) is 0 Å². The van der Waals surface area contributed by atoms with Gasteiger partial charge in [0.05, 0.1) is 11.3 Å². The summed E-state index contributed by atoms with van der Waals surface area (Å²) in [7, 11) is -3.42. The summed E-state index contributed by atoms with van der Waals surface area (Å²) in [5.41, 5.74) is 1.69. The maximum atomic E-state index is 14.1. The first-order chi connectivity index (χ1) is 21.6. The molecule has 2 unspecified atom stereocenters. The fourth-order valence-corrected chi connectivity index (χ4v) is 6.69. The topological polar surface area (TPSA) is 139 Å². The van der Waals surface area contributed by atoms with Crippen molar-refractivity contribution in [3.05, 3.63) is 107 Å². The number of carboxylic acid groups (broad SMARTS) is 1. The minimum Gasteiger partial charge on any atom is -0.481 e. The van der Waals surface area contributed by atoms with E-state index in [2.05, 4.69) is 22.4 Å². The summed E-state index contributed by atoms with van der Waals surface area (Å²) in [6.07, 6.45) is 11.9. The number of rotatable bonds is 11. The van der Waals surface area contributed by atoms with Gasteiger partial charge in [-0.05, 0) is 84.0 Å². The zero-order valence-corrected chi connectivity index (χ0v) is 25.8. The molecule has 1 heterocycles. The number of nitrogens with zero attached hydrogens (tertiary/aromatic N) is 1. The van der Waals surface area contributed by atoms with Crippen molar-refractivity contribution in [3.63, 3.8) is 0 Å². The molecule has 0 radical (unpaired) electrons. The molecule has 1 saturated carbocycles. The van der Waals surface area contributed by atoms with Crippen molar-refractivity contribution >= 4 is 33.9 Å². The van der Waals surface area contributed by atoms with Crippen molar-refractivity contribution in [1.82, 2.24) is 5.32 Å². The van der Waals surface area contributed by atoms with E-state index in [1.807, 2.05) is 12.1 Å². The van der Waals surface area contributed by atoms with Gasteiger partial charge in [0.2, 0.25) is 0 Å². The second-order valence-corrected chi connectivity index (χ2v) is 13.6. The summed E-state index contributed by atoms with van der Waals surface area (Å²) in [5.74, 6) is -1.99. The van der Waals surface area contributed by atoms with Gasteiger partial charge >= 0.3 is 11.9 Å². The van der Waals surface area contributed by atoms with Gasteiger partial charge in [-0.25, -0.2) is 13.2 Å². The van der Waals surface area contributed by atoms with Crippen molar-refractivity contribution < 1.29 is 32.6 Å². The van der Waals surface area contributed by atoms with Crippen LogP contribution in [-0.2, 0) is 19.4 Å². The lowest BCUT2D eigenvalue weighted by Crippen LogP contribution is -2.43. The number of nitrogens with one attached hydrogen (secondary N) is 1. The normalized spacial score (nSPS) is 18.8. The Balaban J connectivity index is 1.49. The molecule has 5 rings (SSSR count). The molecule has 10 heteroatoms. The van der Waals surface area contributed by atoms with Gasteiger partial charge in [0.1, 0.15) is 5.75 Å². The predicted octanol–water partition coefficient (Wildman–Crippen LogP) is 5.46. The van der Waals surface area contributed by atoms with Crippen molar-refractivity contribution in [2.45, 2.75) is 60.8 Å². The Morgan fingerprint density at radius 3 is 2.11 bits per heavy atom. The number of ether oxygens (including phenoxy) is 1. The first-order valence-electron chi connectivity index (χ1n) is 15.0. The third kappa shape index (κ3) is 7.39. The molecule has 2 aliphatic rings. The third-order valence-corrected chi connectivity index (χ3v) is 9.56. The number of aliphatic carboxylic acids is 1. The molecule has 1 aliphatic carbocycles. The van der Waals surface area contributed by atoms with Crippen molar-refractivity contribution in [3.8, 4) is 5.75 Å². The van der Waals surface area contributed by atoms with E-state index >= 15 is 0 Å². The second-order valence-electron chi connectivity index (χ2n) is 11.6. The van der Waals surface area contributed by atoms with Gasteiger partial charge in [-0.1, -0.05) is 55.7 Å². The second kappa shape index (κ2) is 13.6. The van der Waals surface area contributed by atoms with E-state index in [9.17, 15) is 22.8 Å². The van der Waals surface area contributed by atoms with Crippen LogP contribution in [0.25, 0.3) is 0 Å². The quantitative estimate of drug-likeness (QED) is 0.212. The van der Waals surface area contributed by atoms with Gasteiger partial charge in [0.15, 0.2) is 15.4 Å². The molecule has 1 amide bonds. The number of aliphatic imine (C=N–C) groups is 1. The molecule has 0 aromatic heterocycles. The van der Waals surface area contributed by atoms with Crippen LogP contribution in [0.5, 0.6) is 5.75 Å². The number of amides is 1. The number of hydrogen-bond acceptors (Lipinski definition) is 7. The van der Waals surface area contributed by atoms with E-state index in [4.69, 9.17) is 9.84 Å². The number of sulfone groups is 1. The maximum Gasteiger partial charge on any atom is 0.344 e. The molecule has 1 aliphatic heterocycles. The summed E-state index contributed by atoms with van der Waals surface area (Å²) in [6, 6.07) is 20.8. The fourth-order valence-electron chi connectivity index (χ4n) is 6.06. The Kier molecular flexibility index (Phi) is 9.63. The first-order valence-corrected chi connectivity index (χ1v) is 16.9. The van der Waals surface area contributed by atoms with Crippen molar-refractivity contribution in [2.24, 2.45) is 4.99 Å². The van der Waals surface area contributed by atoms with E-state index in [-0.39, 0.29) is 23.6 Å². The Hall–Kier alpha value is -4.57. The molecule has 0 spiro atoms. The molecular weight excluding hydrogens is 592 g/mol. The first kappa shape index (κ1) is 31.8. The number of esters is 1. The van der Waals surface area contributed by atoms with Gasteiger partial charge in [-0.15, -0.1) is 0 Å². The summed E-state index contributed by atoms with van der Waals surface area (Å²) >= 11 is 0. The van der Waals surface area contributed by atoms with Crippen LogP contribution in [0.15, 0.2) is 94.8 Å². The SMILES string of the molecule is CS(=O)(=O)c1ccc(OC(=O)C2(C(c3ccc(C(=O)NCCC(=O)O)cc3)c3ccc(C4CCCCC4)cc3)C=CC=N2)cc1. The Morgan fingerprint density at radius 2 is 1.56 bits per heavy atom. The van der Waals surface area contributed by atoms with Crippen LogP contribution in [0.3, 0.4) is 0 Å². The molecule has 9 nitrogen and oxygen atoms in total. The number of hydrogen-bond donors (Lipinski definition) is 2. The van der Waals surface area contributed by atoms with Gasteiger partial charge in [-0.2, -0.15) is 0 Å². The lowest BCUT2D eigenvalue weighted by atomic mass is 9.74. The third-order valence-electron chi connectivity index (χ3n) is 8.43. The molecule has 0 bridgehead atoms. The monoisotopic (exact) mass is 628 g/mol. The summed E-state index contributed by atoms with van der Waals surface area (Å²) in [6.45, 7) is 0.00547. The highest BCUT2D eigenvalue weighted by Crippen LogP contribution is 2.42. The van der Waals surface area contributed by atoms with Crippen molar-refractivity contribution in [1.29, 1.82) is 0 Å². The molecule has 234 valence electrons. The lowest BCUT2D eigenvalue weighted by molar-refractivity contribution is -0.139. The highest BCUT2D eigenvalue weighted by molar-refractivity contribution is 7.90. The van der Waals surface area contributed by atoms with Crippen LogP contribution < -0.4 is 10.1 Å². The predicted molar refractivity (Wildman–Crippen MR) is 171 cm³/mol. The minimum absolute atomic E-state index is 0.00547. The van der Waals surface area contributed by atoms with Crippen LogP contribution in [0, 0.1) is 0 Å². The standard InChI is InChI=1S/C35H36N2O7S/c1-45(42,43)30-18-16-29(17-19-30)44-34(41)35(21-5-22-37-35)32(26-10-8-25(9-11-26)24-6-3-2-4-7-24)27-12-14-28(15-13-27)33(40)36-23-20-31(38)39/h5,8-19,21-22,24,32H,2-4,6-7,20,23H2,1H3,(H,36,40)(H,38,39). The summed E-state index contributed by atoms with van der Waals surface area (Å²) < 4.78 is 29.7. The van der Waals surface area contributed by atoms with E-state index in [1.165, 1.54) is 49.1 Å². The number of carboxylic acids is 1. The number of allylic oxidation sites excluding steroid dienone is 1. The number of carbonyl (C=O) groups is 3. The molecule has 2 atom stereocenters. The van der Waals surface area contributed by atoms with Gasteiger partial charge in [0.25, 0.3) is 5.91 Å².